The van der Waals surface area contributed by atoms with E-state index in [4.69, 9.17) is 5.11 Å². The number of nitrogens with one attached hydrogen (secondary N) is 1. The Morgan fingerprint density at radius 3 is 2.12 bits per heavy atom. The van der Waals surface area contributed by atoms with Crippen LogP contribution in [0.5, 0.6) is 0 Å². The zero-order chi connectivity index (χ0) is 12.6. The van der Waals surface area contributed by atoms with Gasteiger partial charge in [0.05, 0.1) is 6.42 Å². The van der Waals surface area contributed by atoms with Crippen LogP contribution in [0, 0.1) is 0 Å². The molecule has 2 N–H and O–H groups in total. The lowest BCUT2D eigenvalue weighted by molar-refractivity contribution is -0.139. The van der Waals surface area contributed by atoms with E-state index in [-0.39, 0.29) is 12.3 Å². The van der Waals surface area contributed by atoms with E-state index in [1.54, 1.807) is 0 Å². The van der Waals surface area contributed by atoms with Gasteiger partial charge in [0.15, 0.2) is 0 Å². The van der Waals surface area contributed by atoms with E-state index in [9.17, 15) is 9.59 Å². The summed E-state index contributed by atoms with van der Waals surface area (Å²) in [5.74, 6) is -0.897. The van der Waals surface area contributed by atoms with E-state index in [0.717, 1.165) is 12.8 Å². The molecule has 0 bridgehead atoms. The summed E-state index contributed by atoms with van der Waals surface area (Å²) in [6.45, 7) is 5.84. The highest BCUT2D eigenvalue weighted by molar-refractivity contribution is 5.78. The number of hydrogen-bond donors (Lipinski definition) is 2. The largest absolute Gasteiger partial charge is 0.481 e. The Morgan fingerprint density at radius 1 is 1.19 bits per heavy atom. The lowest BCUT2D eigenvalue weighted by Crippen LogP contribution is -2.49. The molecule has 0 aliphatic carbocycles. The van der Waals surface area contributed by atoms with Crippen molar-refractivity contribution in [1.82, 2.24) is 5.32 Å². The molecule has 0 aliphatic rings. The van der Waals surface area contributed by atoms with Gasteiger partial charge in [-0.3, -0.25) is 9.59 Å². The molecule has 0 aromatic carbocycles. The van der Waals surface area contributed by atoms with Crippen LogP contribution in [0.4, 0.5) is 0 Å². The molecule has 0 radical (unpaired) electrons. The highest BCUT2D eigenvalue weighted by Gasteiger charge is 2.30. The molecule has 0 atom stereocenters. The third-order valence-electron chi connectivity index (χ3n) is 3.01. The van der Waals surface area contributed by atoms with E-state index in [0.29, 0.717) is 19.3 Å². The van der Waals surface area contributed by atoms with Gasteiger partial charge in [0.25, 0.3) is 0 Å². The van der Waals surface area contributed by atoms with Crippen LogP contribution >= 0.6 is 0 Å². The predicted octanol–water partition coefficient (Wildman–Crippen LogP) is 2.33. The monoisotopic (exact) mass is 229 g/mol. The van der Waals surface area contributed by atoms with Crippen LogP contribution in [0.25, 0.3) is 0 Å². The van der Waals surface area contributed by atoms with Crippen LogP contribution < -0.4 is 5.32 Å². The van der Waals surface area contributed by atoms with Gasteiger partial charge >= 0.3 is 5.97 Å². The Hall–Kier alpha value is -1.06. The first-order valence-corrected chi connectivity index (χ1v) is 6.02. The van der Waals surface area contributed by atoms with E-state index in [2.05, 4.69) is 5.32 Å². The van der Waals surface area contributed by atoms with Crippen LogP contribution in [-0.2, 0) is 9.59 Å². The molecule has 4 heteroatoms. The minimum Gasteiger partial charge on any atom is -0.481 e. The Balaban J connectivity index is 4.41. The van der Waals surface area contributed by atoms with Crippen molar-refractivity contribution in [3.63, 3.8) is 0 Å². The molecule has 0 heterocycles. The van der Waals surface area contributed by atoms with Crippen LogP contribution in [0.2, 0.25) is 0 Å². The van der Waals surface area contributed by atoms with Crippen molar-refractivity contribution < 1.29 is 14.7 Å². The van der Waals surface area contributed by atoms with E-state index in [1.807, 2.05) is 20.8 Å². The summed E-state index contributed by atoms with van der Waals surface area (Å²) in [6.07, 6.45) is 3.59. The first-order chi connectivity index (χ1) is 7.49. The second-order valence-electron chi connectivity index (χ2n) is 4.21. The third kappa shape index (κ3) is 5.14. The van der Waals surface area contributed by atoms with Crippen molar-refractivity contribution in [3.05, 3.63) is 0 Å². The Kier molecular flexibility index (Phi) is 6.77. The maximum atomic E-state index is 11.6. The fraction of sp³-hybridized carbons (Fsp3) is 0.833. The molecule has 4 nitrogen and oxygen atoms in total. The number of carboxylic acids is 1. The number of carbonyl (C=O) groups excluding carboxylic acids is 1. The summed E-state index contributed by atoms with van der Waals surface area (Å²) in [6, 6.07) is 0. The highest BCUT2D eigenvalue weighted by Crippen LogP contribution is 2.20. The van der Waals surface area contributed by atoms with Crippen molar-refractivity contribution in [2.75, 3.05) is 0 Å². The van der Waals surface area contributed by atoms with E-state index < -0.39 is 11.5 Å². The topological polar surface area (TPSA) is 66.4 Å². The molecule has 94 valence electrons. The molecule has 0 unspecified atom stereocenters. The van der Waals surface area contributed by atoms with Gasteiger partial charge in [-0.2, -0.15) is 0 Å². The maximum Gasteiger partial charge on any atom is 0.305 e. The number of rotatable bonds is 8. The Labute approximate surface area is 97.4 Å². The second-order valence-corrected chi connectivity index (χ2v) is 4.21. The zero-order valence-corrected chi connectivity index (χ0v) is 10.5. The number of unbranched alkanes of at least 4 members (excludes halogenated alkanes) is 1. The van der Waals surface area contributed by atoms with Gasteiger partial charge in [-0.05, 0) is 19.3 Å². The van der Waals surface area contributed by atoms with Gasteiger partial charge in [-0.15, -0.1) is 0 Å². The zero-order valence-electron chi connectivity index (χ0n) is 10.5. The summed E-state index contributed by atoms with van der Waals surface area (Å²) in [7, 11) is 0. The van der Waals surface area contributed by atoms with E-state index >= 15 is 0 Å². The first-order valence-electron chi connectivity index (χ1n) is 6.02. The van der Waals surface area contributed by atoms with Crippen molar-refractivity contribution >= 4 is 11.9 Å². The highest BCUT2D eigenvalue weighted by atomic mass is 16.4. The Morgan fingerprint density at radius 2 is 1.75 bits per heavy atom. The molecule has 0 saturated heterocycles. The number of carboxylic acid groups (broad SMARTS) is 1. The molecule has 0 fully saturated rings. The number of amides is 1. The molecule has 0 spiro atoms. The quantitative estimate of drug-likeness (QED) is 0.671. The summed E-state index contributed by atoms with van der Waals surface area (Å²) >= 11 is 0. The average molecular weight is 229 g/mol. The van der Waals surface area contributed by atoms with Crippen molar-refractivity contribution in [2.24, 2.45) is 0 Å². The molecule has 0 rings (SSSR count). The predicted molar refractivity (Wildman–Crippen MR) is 63.2 cm³/mol. The van der Waals surface area contributed by atoms with Crippen LogP contribution in [0.3, 0.4) is 0 Å². The van der Waals surface area contributed by atoms with Gasteiger partial charge < -0.3 is 10.4 Å². The normalized spacial score (nSPS) is 11.2. The van der Waals surface area contributed by atoms with Gasteiger partial charge in [-0.25, -0.2) is 0 Å². The molecule has 0 aromatic rings. The SMILES string of the molecule is CCCCC(=O)NC(CC)(CC)CC(=O)O. The number of aliphatic carboxylic acids is 1. The number of carbonyl (C=O) groups is 2. The minimum atomic E-state index is -0.862. The lowest BCUT2D eigenvalue weighted by atomic mass is 9.88. The van der Waals surface area contributed by atoms with Gasteiger partial charge in [0.2, 0.25) is 5.91 Å². The smallest absolute Gasteiger partial charge is 0.305 e. The fourth-order valence-corrected chi connectivity index (χ4v) is 1.71. The van der Waals surface area contributed by atoms with Crippen molar-refractivity contribution in [1.29, 1.82) is 0 Å². The minimum absolute atomic E-state index is 0.00212. The number of hydrogen-bond acceptors (Lipinski definition) is 2. The molecular formula is C12H23NO3. The van der Waals surface area contributed by atoms with Crippen LogP contribution in [0.1, 0.15) is 59.3 Å². The lowest BCUT2D eigenvalue weighted by Gasteiger charge is -2.31. The van der Waals surface area contributed by atoms with Crippen LogP contribution in [-0.4, -0.2) is 22.5 Å². The molecular weight excluding hydrogens is 206 g/mol. The van der Waals surface area contributed by atoms with Gasteiger partial charge in [-0.1, -0.05) is 27.2 Å². The molecule has 0 aromatic heterocycles. The summed E-state index contributed by atoms with van der Waals surface area (Å²) in [5, 5.41) is 11.7. The maximum absolute atomic E-state index is 11.6. The molecule has 0 aliphatic heterocycles. The van der Waals surface area contributed by atoms with Gasteiger partial charge in [0, 0.05) is 12.0 Å². The fourth-order valence-electron chi connectivity index (χ4n) is 1.71. The van der Waals surface area contributed by atoms with Crippen LogP contribution in [0.15, 0.2) is 0 Å². The standard InChI is InChI=1S/C12H23NO3/c1-4-7-8-10(14)13-12(5-2,6-3)9-11(15)16/h4-9H2,1-3H3,(H,13,14)(H,15,16). The summed E-state index contributed by atoms with van der Waals surface area (Å²) in [4.78, 5) is 22.4. The first kappa shape index (κ1) is 14.9. The summed E-state index contributed by atoms with van der Waals surface area (Å²) in [5.41, 5.74) is -0.573. The molecule has 1 amide bonds. The second kappa shape index (κ2) is 7.25. The molecule has 0 saturated carbocycles. The average Bonchev–Trinajstić information content (AvgIpc) is 2.24. The van der Waals surface area contributed by atoms with Gasteiger partial charge in [0.1, 0.15) is 0 Å². The Bertz CT molecular complexity index is 234. The molecule has 16 heavy (non-hydrogen) atoms. The third-order valence-corrected chi connectivity index (χ3v) is 3.01. The summed E-state index contributed by atoms with van der Waals surface area (Å²) < 4.78 is 0. The van der Waals surface area contributed by atoms with E-state index in [1.165, 1.54) is 0 Å². The van der Waals surface area contributed by atoms with Crippen molar-refractivity contribution in [2.45, 2.75) is 64.8 Å². The van der Waals surface area contributed by atoms with Crippen molar-refractivity contribution in [3.8, 4) is 0 Å².